The number of carbonyl (C=O) groups excluding carboxylic acids is 1. The molecule has 0 aromatic heterocycles. The van der Waals surface area contributed by atoms with Crippen LogP contribution in [0.2, 0.25) is 0 Å². The number of benzene rings is 1. The first-order valence-electron chi connectivity index (χ1n) is 6.40. The lowest BCUT2D eigenvalue weighted by Gasteiger charge is -2.18. The van der Waals surface area contributed by atoms with Crippen LogP contribution in [0.1, 0.15) is 24.5 Å². The van der Waals surface area contributed by atoms with Crippen LogP contribution in [0.5, 0.6) is 0 Å². The Labute approximate surface area is 118 Å². The van der Waals surface area contributed by atoms with Gasteiger partial charge in [0.1, 0.15) is 5.25 Å². The van der Waals surface area contributed by atoms with Crippen LogP contribution >= 0.6 is 0 Å². The van der Waals surface area contributed by atoms with Gasteiger partial charge in [0.2, 0.25) is 15.9 Å². The molecule has 20 heavy (non-hydrogen) atoms. The number of aliphatic hydroxyl groups is 1. The fraction of sp³-hybridized carbons (Fsp3) is 0.462. The Hall–Kier alpha value is -1.44. The SMILES string of the molecule is NS(=O)(=O)C1CC(=O)N(CCC(O)c2ccccc2)C1. The van der Waals surface area contributed by atoms with Crippen molar-refractivity contribution in [2.24, 2.45) is 5.14 Å². The van der Waals surface area contributed by atoms with Crippen molar-refractivity contribution in [1.29, 1.82) is 0 Å². The number of hydrogen-bond acceptors (Lipinski definition) is 4. The summed E-state index contributed by atoms with van der Waals surface area (Å²) < 4.78 is 22.5. The molecule has 2 rings (SSSR count). The highest BCUT2D eigenvalue weighted by atomic mass is 32.2. The molecule has 1 fully saturated rings. The van der Waals surface area contributed by atoms with Crippen LogP contribution in [-0.2, 0) is 14.8 Å². The summed E-state index contributed by atoms with van der Waals surface area (Å²) in [6.45, 7) is 0.431. The molecule has 2 atom stereocenters. The zero-order valence-electron chi connectivity index (χ0n) is 11.0. The molecule has 2 unspecified atom stereocenters. The molecule has 0 spiro atoms. The Kier molecular flexibility index (Phi) is 4.42. The van der Waals surface area contributed by atoms with E-state index in [0.29, 0.717) is 13.0 Å². The molecule has 110 valence electrons. The summed E-state index contributed by atoms with van der Waals surface area (Å²) in [5, 5.41) is 14.2. The van der Waals surface area contributed by atoms with Crippen LogP contribution in [0.3, 0.4) is 0 Å². The Morgan fingerprint density at radius 1 is 1.35 bits per heavy atom. The molecule has 1 amide bonds. The molecular formula is C13H18N2O4S. The van der Waals surface area contributed by atoms with Gasteiger partial charge in [0.25, 0.3) is 0 Å². The summed E-state index contributed by atoms with van der Waals surface area (Å²) >= 11 is 0. The molecule has 1 aromatic rings. The van der Waals surface area contributed by atoms with Gasteiger partial charge in [-0.05, 0) is 12.0 Å². The minimum Gasteiger partial charge on any atom is -0.388 e. The topological polar surface area (TPSA) is 101 Å². The second kappa shape index (κ2) is 5.90. The van der Waals surface area contributed by atoms with Gasteiger partial charge in [0, 0.05) is 19.5 Å². The van der Waals surface area contributed by atoms with Crippen molar-refractivity contribution in [2.45, 2.75) is 24.2 Å². The van der Waals surface area contributed by atoms with Crippen molar-refractivity contribution in [3.05, 3.63) is 35.9 Å². The third kappa shape index (κ3) is 3.56. The lowest BCUT2D eigenvalue weighted by molar-refractivity contribution is -0.127. The van der Waals surface area contributed by atoms with Crippen LogP contribution in [-0.4, -0.2) is 42.7 Å². The summed E-state index contributed by atoms with van der Waals surface area (Å²) in [6.07, 6.45) is -0.370. The quantitative estimate of drug-likeness (QED) is 0.799. The van der Waals surface area contributed by atoms with Crippen molar-refractivity contribution < 1.29 is 18.3 Å². The second-order valence-corrected chi connectivity index (χ2v) is 6.81. The molecule has 1 heterocycles. The van der Waals surface area contributed by atoms with E-state index in [0.717, 1.165) is 5.56 Å². The highest BCUT2D eigenvalue weighted by Crippen LogP contribution is 2.20. The minimum atomic E-state index is -3.68. The van der Waals surface area contributed by atoms with Crippen molar-refractivity contribution in [3.8, 4) is 0 Å². The number of nitrogens with zero attached hydrogens (tertiary/aromatic N) is 1. The highest BCUT2D eigenvalue weighted by molar-refractivity contribution is 7.89. The minimum absolute atomic E-state index is 0.0692. The van der Waals surface area contributed by atoms with E-state index in [4.69, 9.17) is 5.14 Å². The van der Waals surface area contributed by atoms with Crippen LogP contribution in [0, 0.1) is 0 Å². The average molecular weight is 298 g/mol. The van der Waals surface area contributed by atoms with E-state index < -0.39 is 21.4 Å². The molecule has 0 saturated carbocycles. The van der Waals surface area contributed by atoms with E-state index in [1.54, 1.807) is 0 Å². The molecule has 6 nitrogen and oxygen atoms in total. The number of rotatable bonds is 5. The van der Waals surface area contributed by atoms with Gasteiger partial charge in [-0.15, -0.1) is 0 Å². The Morgan fingerprint density at radius 3 is 2.55 bits per heavy atom. The van der Waals surface area contributed by atoms with Crippen molar-refractivity contribution >= 4 is 15.9 Å². The number of hydrogen-bond donors (Lipinski definition) is 2. The van der Waals surface area contributed by atoms with Gasteiger partial charge in [0.15, 0.2) is 0 Å². The van der Waals surface area contributed by atoms with Gasteiger partial charge in [-0.1, -0.05) is 30.3 Å². The molecule has 0 radical (unpaired) electrons. The van der Waals surface area contributed by atoms with Crippen LogP contribution in [0.25, 0.3) is 0 Å². The van der Waals surface area contributed by atoms with Gasteiger partial charge in [-0.3, -0.25) is 4.79 Å². The fourth-order valence-corrected chi connectivity index (χ4v) is 3.05. The third-order valence-electron chi connectivity index (χ3n) is 3.50. The summed E-state index contributed by atoms with van der Waals surface area (Å²) in [5.41, 5.74) is 0.780. The number of aliphatic hydroxyl groups excluding tert-OH is 1. The summed E-state index contributed by atoms with van der Waals surface area (Å²) in [6, 6.07) is 9.14. The molecule has 1 aliphatic heterocycles. The number of primary sulfonamides is 1. The fourth-order valence-electron chi connectivity index (χ4n) is 2.29. The number of likely N-dealkylation sites (tertiary alicyclic amines) is 1. The summed E-state index contributed by atoms with van der Waals surface area (Å²) in [4.78, 5) is 13.2. The maximum absolute atomic E-state index is 11.7. The average Bonchev–Trinajstić information content (AvgIpc) is 2.78. The van der Waals surface area contributed by atoms with Crippen molar-refractivity contribution in [1.82, 2.24) is 4.90 Å². The second-order valence-electron chi connectivity index (χ2n) is 4.97. The van der Waals surface area contributed by atoms with E-state index in [1.807, 2.05) is 30.3 Å². The Morgan fingerprint density at radius 2 is 2.00 bits per heavy atom. The van der Waals surface area contributed by atoms with Gasteiger partial charge in [-0.2, -0.15) is 0 Å². The maximum Gasteiger partial charge on any atom is 0.224 e. The third-order valence-corrected chi connectivity index (χ3v) is 4.75. The van der Waals surface area contributed by atoms with Gasteiger partial charge < -0.3 is 10.0 Å². The normalized spacial score (nSPS) is 21.2. The van der Waals surface area contributed by atoms with Gasteiger partial charge in [-0.25, -0.2) is 13.6 Å². The van der Waals surface area contributed by atoms with Crippen molar-refractivity contribution in [3.63, 3.8) is 0 Å². The molecular weight excluding hydrogens is 280 g/mol. The van der Waals surface area contributed by atoms with E-state index in [9.17, 15) is 18.3 Å². The number of sulfonamides is 1. The van der Waals surface area contributed by atoms with E-state index in [1.165, 1.54) is 4.90 Å². The molecule has 1 aliphatic rings. The molecule has 1 aromatic carbocycles. The predicted molar refractivity (Wildman–Crippen MR) is 74.1 cm³/mol. The largest absolute Gasteiger partial charge is 0.388 e. The van der Waals surface area contributed by atoms with Gasteiger partial charge in [0.05, 0.1) is 6.10 Å². The zero-order chi connectivity index (χ0) is 14.8. The van der Waals surface area contributed by atoms with Crippen LogP contribution in [0.15, 0.2) is 30.3 Å². The molecule has 0 aliphatic carbocycles. The summed E-state index contributed by atoms with van der Waals surface area (Å²) in [7, 11) is -3.68. The predicted octanol–water partition coefficient (Wildman–Crippen LogP) is -0.000500. The number of nitrogens with two attached hydrogens (primary N) is 1. The lowest BCUT2D eigenvalue weighted by Crippen LogP contribution is -2.33. The first-order valence-corrected chi connectivity index (χ1v) is 8.01. The molecule has 0 bridgehead atoms. The van der Waals surface area contributed by atoms with Crippen LogP contribution < -0.4 is 5.14 Å². The first-order chi connectivity index (χ1) is 9.38. The molecule has 3 N–H and O–H groups in total. The van der Waals surface area contributed by atoms with Gasteiger partial charge >= 0.3 is 0 Å². The monoisotopic (exact) mass is 298 g/mol. The molecule has 1 saturated heterocycles. The zero-order valence-corrected chi connectivity index (χ0v) is 11.8. The van der Waals surface area contributed by atoms with Crippen molar-refractivity contribution in [2.75, 3.05) is 13.1 Å². The first kappa shape index (κ1) is 15.0. The highest BCUT2D eigenvalue weighted by Gasteiger charge is 2.36. The van der Waals surface area contributed by atoms with E-state index in [-0.39, 0.29) is 18.9 Å². The van der Waals surface area contributed by atoms with E-state index >= 15 is 0 Å². The smallest absolute Gasteiger partial charge is 0.224 e. The Bertz CT molecular complexity index is 573. The number of amides is 1. The standard InChI is InChI=1S/C13H18N2O4S/c14-20(18,19)11-8-13(17)15(9-11)7-6-12(16)10-4-2-1-3-5-10/h1-5,11-12,16H,6-9H2,(H2,14,18,19). The van der Waals surface area contributed by atoms with Crippen LogP contribution in [0.4, 0.5) is 0 Å². The number of carbonyl (C=O) groups is 1. The summed E-state index contributed by atoms with van der Waals surface area (Å²) in [5.74, 6) is -0.232. The molecule has 7 heteroatoms. The maximum atomic E-state index is 11.7. The van der Waals surface area contributed by atoms with E-state index in [2.05, 4.69) is 0 Å². The Balaban J connectivity index is 1.90. The lowest BCUT2D eigenvalue weighted by atomic mass is 10.1.